The number of halogens is 3. The molecule has 1 aromatic heterocycles. The van der Waals surface area contributed by atoms with Crippen molar-refractivity contribution in [3.63, 3.8) is 0 Å². The number of aromatic nitrogens is 1. The summed E-state index contributed by atoms with van der Waals surface area (Å²) in [5.41, 5.74) is 0.789. The molecule has 21 heavy (non-hydrogen) atoms. The molecule has 0 aliphatic carbocycles. The SMILES string of the molecule is CNc1nccc(C(=O)Nc2cc(Br)c(F)cc2C)c1F. The number of benzene rings is 1. The fraction of sp³-hybridized carbons (Fsp3) is 0.143. The van der Waals surface area contributed by atoms with Crippen LogP contribution in [-0.4, -0.2) is 17.9 Å². The molecule has 0 unspecified atom stereocenters. The highest BCUT2D eigenvalue weighted by Crippen LogP contribution is 2.25. The topological polar surface area (TPSA) is 54.0 Å². The normalized spacial score (nSPS) is 10.3. The molecule has 2 rings (SSSR count). The van der Waals surface area contributed by atoms with Crippen LogP contribution in [0.15, 0.2) is 28.9 Å². The fourth-order valence-electron chi connectivity index (χ4n) is 1.76. The third-order valence-corrected chi connectivity index (χ3v) is 3.49. The van der Waals surface area contributed by atoms with Crippen LogP contribution in [0.4, 0.5) is 20.3 Å². The van der Waals surface area contributed by atoms with Gasteiger partial charge in [-0.05, 0) is 46.6 Å². The van der Waals surface area contributed by atoms with Crippen molar-refractivity contribution in [1.82, 2.24) is 4.98 Å². The van der Waals surface area contributed by atoms with E-state index in [0.717, 1.165) is 0 Å². The quantitative estimate of drug-likeness (QED) is 0.881. The van der Waals surface area contributed by atoms with Crippen LogP contribution in [0.1, 0.15) is 15.9 Å². The van der Waals surface area contributed by atoms with E-state index in [1.165, 1.54) is 31.4 Å². The number of aryl methyl sites for hydroxylation is 1. The Morgan fingerprint density at radius 1 is 1.33 bits per heavy atom. The summed E-state index contributed by atoms with van der Waals surface area (Å²) in [6, 6.07) is 3.99. The highest BCUT2D eigenvalue weighted by Gasteiger charge is 2.17. The van der Waals surface area contributed by atoms with E-state index in [4.69, 9.17) is 0 Å². The molecule has 1 amide bonds. The van der Waals surface area contributed by atoms with Crippen molar-refractivity contribution in [2.24, 2.45) is 0 Å². The second kappa shape index (κ2) is 6.17. The summed E-state index contributed by atoms with van der Waals surface area (Å²) in [7, 11) is 1.51. The van der Waals surface area contributed by atoms with Crippen LogP contribution in [-0.2, 0) is 0 Å². The molecule has 0 spiro atoms. The van der Waals surface area contributed by atoms with E-state index >= 15 is 0 Å². The molecule has 2 N–H and O–H groups in total. The van der Waals surface area contributed by atoms with Gasteiger partial charge in [0.1, 0.15) is 5.82 Å². The number of amides is 1. The maximum atomic E-state index is 14.0. The molecule has 0 atom stereocenters. The van der Waals surface area contributed by atoms with Gasteiger partial charge in [-0.15, -0.1) is 0 Å². The van der Waals surface area contributed by atoms with Crippen LogP contribution in [0.2, 0.25) is 0 Å². The molecular weight excluding hydrogens is 344 g/mol. The van der Waals surface area contributed by atoms with E-state index in [0.29, 0.717) is 11.3 Å². The first-order valence-electron chi connectivity index (χ1n) is 6.03. The Balaban J connectivity index is 2.33. The molecular formula is C14H12BrF2N3O. The average Bonchev–Trinajstić information content (AvgIpc) is 2.44. The monoisotopic (exact) mass is 355 g/mol. The van der Waals surface area contributed by atoms with Crippen LogP contribution < -0.4 is 10.6 Å². The van der Waals surface area contributed by atoms with E-state index in [9.17, 15) is 13.6 Å². The van der Waals surface area contributed by atoms with Gasteiger partial charge >= 0.3 is 0 Å². The zero-order valence-electron chi connectivity index (χ0n) is 11.3. The lowest BCUT2D eigenvalue weighted by atomic mass is 10.1. The molecule has 0 saturated heterocycles. The number of carbonyl (C=O) groups is 1. The minimum Gasteiger partial charge on any atom is -0.371 e. The van der Waals surface area contributed by atoms with Crippen molar-refractivity contribution in [3.05, 3.63) is 51.6 Å². The summed E-state index contributed by atoms with van der Waals surface area (Å²) in [5, 5.41) is 5.11. The molecule has 1 aromatic carbocycles. The molecule has 7 heteroatoms. The zero-order valence-corrected chi connectivity index (χ0v) is 12.9. The maximum Gasteiger partial charge on any atom is 0.258 e. The molecule has 0 bridgehead atoms. The van der Waals surface area contributed by atoms with Gasteiger partial charge in [0.05, 0.1) is 10.0 Å². The molecule has 110 valence electrons. The second-order valence-electron chi connectivity index (χ2n) is 4.31. The molecule has 4 nitrogen and oxygen atoms in total. The molecule has 1 heterocycles. The number of nitrogens with one attached hydrogen (secondary N) is 2. The average molecular weight is 356 g/mol. The lowest BCUT2D eigenvalue weighted by Gasteiger charge is -2.11. The zero-order chi connectivity index (χ0) is 15.6. The van der Waals surface area contributed by atoms with E-state index < -0.39 is 17.5 Å². The number of anilines is 2. The highest BCUT2D eigenvalue weighted by molar-refractivity contribution is 9.10. The third-order valence-electron chi connectivity index (χ3n) is 2.89. The van der Waals surface area contributed by atoms with Crippen LogP contribution >= 0.6 is 15.9 Å². The summed E-state index contributed by atoms with van der Waals surface area (Å²) in [6.07, 6.45) is 1.33. The van der Waals surface area contributed by atoms with Crippen LogP contribution in [0.5, 0.6) is 0 Å². The van der Waals surface area contributed by atoms with Gasteiger partial charge in [-0.2, -0.15) is 0 Å². The maximum absolute atomic E-state index is 14.0. The van der Waals surface area contributed by atoms with E-state index in [1.54, 1.807) is 6.92 Å². The standard InChI is InChI=1S/C14H12BrF2N3O/c1-7-5-10(16)9(15)6-11(7)20-14(21)8-3-4-19-13(18-2)12(8)17/h3-6H,1-2H3,(H,18,19)(H,20,21). The Morgan fingerprint density at radius 3 is 2.71 bits per heavy atom. The first kappa shape index (κ1) is 15.4. The molecule has 0 aliphatic rings. The molecule has 0 aliphatic heterocycles. The molecule has 0 saturated carbocycles. The first-order chi connectivity index (χ1) is 9.93. The number of hydrogen-bond acceptors (Lipinski definition) is 3. The fourth-order valence-corrected chi connectivity index (χ4v) is 2.11. The van der Waals surface area contributed by atoms with Gasteiger partial charge in [0.15, 0.2) is 11.6 Å². The summed E-state index contributed by atoms with van der Waals surface area (Å²) < 4.78 is 27.6. The Hall–Kier alpha value is -2.02. The largest absolute Gasteiger partial charge is 0.371 e. The van der Waals surface area contributed by atoms with E-state index in [-0.39, 0.29) is 15.9 Å². The van der Waals surface area contributed by atoms with E-state index in [2.05, 4.69) is 31.5 Å². The minimum absolute atomic E-state index is 0.0142. The number of carbonyl (C=O) groups excluding carboxylic acids is 1. The van der Waals surface area contributed by atoms with Gasteiger partial charge in [-0.25, -0.2) is 13.8 Å². The Morgan fingerprint density at radius 2 is 2.05 bits per heavy atom. The number of nitrogens with zero attached hydrogens (tertiary/aromatic N) is 1. The molecule has 2 aromatic rings. The van der Waals surface area contributed by atoms with E-state index in [1.807, 2.05) is 0 Å². The number of hydrogen-bond donors (Lipinski definition) is 2. The lowest BCUT2D eigenvalue weighted by Crippen LogP contribution is -2.16. The van der Waals surface area contributed by atoms with Crippen molar-refractivity contribution in [1.29, 1.82) is 0 Å². The van der Waals surface area contributed by atoms with Gasteiger partial charge in [-0.3, -0.25) is 4.79 Å². The van der Waals surface area contributed by atoms with Gasteiger partial charge in [-0.1, -0.05) is 0 Å². The van der Waals surface area contributed by atoms with Gasteiger partial charge in [0, 0.05) is 18.9 Å². The number of pyridine rings is 1. The third kappa shape index (κ3) is 3.18. The predicted octanol–water partition coefficient (Wildman–Crippen LogP) is 3.72. The second-order valence-corrected chi connectivity index (χ2v) is 5.16. The van der Waals surface area contributed by atoms with Crippen molar-refractivity contribution >= 4 is 33.3 Å². The predicted molar refractivity (Wildman–Crippen MR) is 80.5 cm³/mol. The van der Waals surface area contributed by atoms with Crippen molar-refractivity contribution < 1.29 is 13.6 Å². The minimum atomic E-state index is -0.740. The van der Waals surface area contributed by atoms with Gasteiger partial charge in [0.25, 0.3) is 5.91 Å². The first-order valence-corrected chi connectivity index (χ1v) is 6.82. The number of rotatable bonds is 3. The van der Waals surface area contributed by atoms with Crippen molar-refractivity contribution in [3.8, 4) is 0 Å². The van der Waals surface area contributed by atoms with Gasteiger partial charge in [0.2, 0.25) is 0 Å². The Labute approximate surface area is 128 Å². The summed E-state index contributed by atoms with van der Waals surface area (Å²) in [5.74, 6) is -1.82. The highest BCUT2D eigenvalue weighted by atomic mass is 79.9. The lowest BCUT2D eigenvalue weighted by molar-refractivity contribution is 0.102. The van der Waals surface area contributed by atoms with Crippen LogP contribution in [0.25, 0.3) is 0 Å². The van der Waals surface area contributed by atoms with Crippen LogP contribution in [0, 0.1) is 18.6 Å². The summed E-state index contributed by atoms with van der Waals surface area (Å²) in [6.45, 7) is 1.65. The molecule has 0 fully saturated rings. The Kier molecular flexibility index (Phi) is 4.52. The molecule has 0 radical (unpaired) electrons. The smallest absolute Gasteiger partial charge is 0.258 e. The Bertz CT molecular complexity index is 707. The summed E-state index contributed by atoms with van der Waals surface area (Å²) in [4.78, 5) is 15.9. The van der Waals surface area contributed by atoms with Crippen LogP contribution in [0.3, 0.4) is 0 Å². The van der Waals surface area contributed by atoms with Crippen molar-refractivity contribution in [2.45, 2.75) is 6.92 Å². The summed E-state index contributed by atoms with van der Waals surface area (Å²) >= 11 is 3.04. The van der Waals surface area contributed by atoms with Gasteiger partial charge < -0.3 is 10.6 Å². The van der Waals surface area contributed by atoms with Crippen molar-refractivity contribution in [2.75, 3.05) is 17.7 Å².